The van der Waals surface area contributed by atoms with Gasteiger partial charge in [0.25, 0.3) is 0 Å². The quantitative estimate of drug-likeness (QED) is 0.172. The number of halogens is 1. The molecule has 6 heteroatoms. The van der Waals surface area contributed by atoms with Crippen molar-refractivity contribution >= 4 is 40.8 Å². The van der Waals surface area contributed by atoms with Gasteiger partial charge in [0.1, 0.15) is 5.75 Å². The Morgan fingerprint density at radius 3 is 2.44 bits per heavy atom. The van der Waals surface area contributed by atoms with E-state index in [4.69, 9.17) is 16.3 Å². The van der Waals surface area contributed by atoms with Crippen molar-refractivity contribution in [1.29, 1.82) is 0 Å². The number of phenols is 1. The number of para-hydroxylation sites is 1. The number of carbonyl (C=O) groups is 2. The fraction of sp³-hybridized carbons (Fsp3) is 0.314. The second-order valence-corrected chi connectivity index (χ2v) is 11.6. The monoisotopic (exact) mass is 567 g/mol. The lowest BCUT2D eigenvalue weighted by atomic mass is 9.68. The van der Waals surface area contributed by atoms with Gasteiger partial charge in [-0.25, -0.2) is 0 Å². The Hall–Kier alpha value is -3.67. The minimum Gasteiger partial charge on any atom is -0.508 e. The van der Waals surface area contributed by atoms with E-state index in [2.05, 4.69) is 25.1 Å². The van der Waals surface area contributed by atoms with Crippen LogP contribution >= 0.6 is 11.6 Å². The highest BCUT2D eigenvalue weighted by molar-refractivity contribution is 6.32. The third-order valence-electron chi connectivity index (χ3n) is 8.71. The zero-order valence-electron chi connectivity index (χ0n) is 23.1. The first kappa shape index (κ1) is 27.5. The van der Waals surface area contributed by atoms with Crippen LogP contribution in [0.4, 0.5) is 5.69 Å². The first-order chi connectivity index (χ1) is 20.0. The average molecular weight is 568 g/mol. The molecule has 3 aromatic rings. The van der Waals surface area contributed by atoms with Gasteiger partial charge in [-0.1, -0.05) is 79.0 Å². The first-order valence-electron chi connectivity index (χ1n) is 14.5. The molecule has 1 N–H and O–H groups in total. The van der Waals surface area contributed by atoms with Crippen molar-refractivity contribution < 1.29 is 19.4 Å². The highest BCUT2D eigenvalue weighted by Gasteiger charge is 2.57. The van der Waals surface area contributed by atoms with Gasteiger partial charge in [0.2, 0.25) is 11.8 Å². The van der Waals surface area contributed by atoms with Crippen molar-refractivity contribution in [3.63, 3.8) is 0 Å². The smallest absolute Gasteiger partial charge is 0.238 e. The van der Waals surface area contributed by atoms with Crippen LogP contribution in [0.1, 0.15) is 50.2 Å². The summed E-state index contributed by atoms with van der Waals surface area (Å²) in [6, 6.07) is 24.5. The Morgan fingerprint density at radius 2 is 1.73 bits per heavy atom. The number of amides is 2. The summed E-state index contributed by atoms with van der Waals surface area (Å²) >= 11 is 6.47. The molecule has 2 amide bonds. The van der Waals surface area contributed by atoms with E-state index in [1.807, 2.05) is 54.6 Å². The molecule has 6 rings (SSSR count). The van der Waals surface area contributed by atoms with Crippen LogP contribution in [0.5, 0.6) is 5.75 Å². The van der Waals surface area contributed by atoms with E-state index < -0.39 is 0 Å². The molecule has 0 saturated carbocycles. The van der Waals surface area contributed by atoms with Crippen LogP contribution in [-0.4, -0.2) is 29.6 Å². The number of carbonyl (C=O) groups excluding carboxylic acids is 2. The van der Waals surface area contributed by atoms with Crippen molar-refractivity contribution in [3.8, 4) is 5.75 Å². The van der Waals surface area contributed by atoms with Gasteiger partial charge in [-0.15, -0.1) is 0 Å². The predicted molar refractivity (Wildman–Crippen MR) is 162 cm³/mol. The first-order valence-corrected chi connectivity index (χ1v) is 14.8. The van der Waals surface area contributed by atoms with Gasteiger partial charge < -0.3 is 9.84 Å². The molecule has 210 valence electrons. The second-order valence-electron chi connectivity index (χ2n) is 11.2. The minimum atomic E-state index is -0.372. The summed E-state index contributed by atoms with van der Waals surface area (Å²) in [5, 5.41) is 10.3. The Balaban J connectivity index is 1.29. The number of hydrogen-bond donors (Lipinski definition) is 1. The molecule has 3 aromatic carbocycles. The van der Waals surface area contributed by atoms with Crippen molar-refractivity contribution in [3.05, 3.63) is 106 Å². The number of anilines is 1. The molecule has 1 aliphatic carbocycles. The Labute approximate surface area is 246 Å². The number of nitrogens with zero attached hydrogens (tertiary/aromatic N) is 1. The van der Waals surface area contributed by atoms with E-state index in [-0.39, 0.29) is 41.4 Å². The van der Waals surface area contributed by atoms with Crippen molar-refractivity contribution in [1.82, 2.24) is 0 Å². The molecule has 5 nitrogen and oxygen atoms in total. The van der Waals surface area contributed by atoms with E-state index in [0.717, 1.165) is 42.4 Å². The predicted octanol–water partition coefficient (Wildman–Crippen LogP) is 7.69. The maximum Gasteiger partial charge on any atom is 0.238 e. The number of benzene rings is 3. The fourth-order valence-electron chi connectivity index (χ4n) is 6.90. The molecule has 41 heavy (non-hydrogen) atoms. The molecule has 0 unspecified atom stereocenters. The van der Waals surface area contributed by atoms with Crippen LogP contribution in [-0.2, 0) is 14.3 Å². The zero-order valence-corrected chi connectivity index (χ0v) is 23.9. The molecule has 4 atom stereocenters. The number of fused-ring (bicyclic) bond motifs is 3. The maximum atomic E-state index is 13.8. The number of rotatable bonds is 8. The molecule has 2 heterocycles. The van der Waals surface area contributed by atoms with E-state index in [1.54, 1.807) is 12.1 Å². The van der Waals surface area contributed by atoms with Crippen LogP contribution in [0.25, 0.3) is 11.6 Å². The largest absolute Gasteiger partial charge is 0.508 e. The van der Waals surface area contributed by atoms with Crippen molar-refractivity contribution in [2.45, 2.75) is 45.1 Å². The molecule has 0 spiro atoms. The van der Waals surface area contributed by atoms with Gasteiger partial charge in [-0.05, 0) is 84.4 Å². The van der Waals surface area contributed by atoms with Gasteiger partial charge in [-0.2, -0.15) is 0 Å². The van der Waals surface area contributed by atoms with Crippen LogP contribution in [0.2, 0.25) is 5.02 Å². The molecule has 0 radical (unpaired) electrons. The van der Waals surface area contributed by atoms with Gasteiger partial charge >= 0.3 is 0 Å². The van der Waals surface area contributed by atoms with Crippen LogP contribution in [0.3, 0.4) is 0 Å². The summed E-state index contributed by atoms with van der Waals surface area (Å²) in [6.07, 6.45) is 6.01. The normalized spacial score (nSPS) is 24.1. The molecule has 2 fully saturated rings. The average Bonchev–Trinajstić information content (AvgIpc) is 3.51. The molecular weight excluding hydrogens is 534 g/mol. The zero-order chi connectivity index (χ0) is 28.5. The molecule has 2 saturated heterocycles. The molecule has 0 aromatic heterocycles. The number of imide groups is 1. The second kappa shape index (κ2) is 11.7. The minimum absolute atomic E-state index is 0.0684. The number of aromatic hydroxyl groups is 1. The van der Waals surface area contributed by atoms with E-state index in [9.17, 15) is 14.7 Å². The highest BCUT2D eigenvalue weighted by atomic mass is 35.5. The number of hydrogen-bond acceptors (Lipinski definition) is 4. The number of phenolic OH excluding ortho intramolecular Hbond substituents is 1. The lowest BCUT2D eigenvalue weighted by Crippen LogP contribution is -2.34. The molecule has 2 aliphatic heterocycles. The van der Waals surface area contributed by atoms with Gasteiger partial charge in [0.15, 0.2) is 0 Å². The number of allylic oxidation sites excluding steroid dienone is 2. The summed E-state index contributed by atoms with van der Waals surface area (Å²) < 4.78 is 6.46. The lowest BCUT2D eigenvalue weighted by Gasteiger charge is -2.32. The fourth-order valence-corrected chi connectivity index (χ4v) is 7.13. The van der Waals surface area contributed by atoms with Gasteiger partial charge in [0.05, 0.1) is 35.3 Å². The van der Waals surface area contributed by atoms with E-state index >= 15 is 0 Å². The highest BCUT2D eigenvalue weighted by Crippen LogP contribution is 2.51. The third-order valence-corrected chi connectivity index (χ3v) is 9.04. The Bertz CT molecular complexity index is 1510. The SMILES string of the molecule is CCCC1=C2[C@@H](CC/C(=C/c3ccc(O)cc3Cl)c3ccccc3)OC[C@@H]2[C@@H]2C(=O)N(c3ccccc3)C(=O)[C@@H]2C1. The summed E-state index contributed by atoms with van der Waals surface area (Å²) in [4.78, 5) is 28.7. The molecule has 3 aliphatic rings. The number of ether oxygens (including phenoxy) is 1. The Kier molecular flexibility index (Phi) is 7.83. The third kappa shape index (κ3) is 5.25. The van der Waals surface area contributed by atoms with Crippen LogP contribution < -0.4 is 4.90 Å². The maximum absolute atomic E-state index is 13.8. The van der Waals surface area contributed by atoms with Crippen LogP contribution in [0, 0.1) is 17.8 Å². The summed E-state index contributed by atoms with van der Waals surface area (Å²) in [5.41, 5.74) is 6.27. The van der Waals surface area contributed by atoms with Crippen LogP contribution in [0.15, 0.2) is 90.0 Å². The van der Waals surface area contributed by atoms with E-state index in [1.165, 1.54) is 16.0 Å². The summed E-state index contributed by atoms with van der Waals surface area (Å²) in [7, 11) is 0. The van der Waals surface area contributed by atoms with Gasteiger partial charge in [0, 0.05) is 5.92 Å². The topological polar surface area (TPSA) is 66.8 Å². The summed E-state index contributed by atoms with van der Waals surface area (Å²) in [6.45, 7) is 2.62. The standard InChI is InChI=1S/C35H34ClNO4/c1-2-9-25-19-28-33(35(40)37(34(28)39)26-12-7-4-8-13-26)29-21-41-31(32(25)29)17-15-23(22-10-5-3-6-11-22)18-24-14-16-27(38)20-30(24)36/h3-8,10-14,16,18,20,28-29,31,33,38H,2,9,15,17,19,21H2,1H3/b23-18-/t28-,29+,31-,33-/m1/s1. The molecule has 0 bridgehead atoms. The van der Waals surface area contributed by atoms with Gasteiger partial charge in [-0.3, -0.25) is 14.5 Å². The summed E-state index contributed by atoms with van der Waals surface area (Å²) in [5.74, 6) is -0.806. The Morgan fingerprint density at radius 1 is 1.00 bits per heavy atom. The van der Waals surface area contributed by atoms with Crippen molar-refractivity contribution in [2.24, 2.45) is 17.8 Å². The van der Waals surface area contributed by atoms with Crippen molar-refractivity contribution in [2.75, 3.05) is 11.5 Å². The molecular formula is C35H34ClNO4. The lowest BCUT2D eigenvalue weighted by molar-refractivity contribution is -0.122. The van der Waals surface area contributed by atoms with E-state index in [0.29, 0.717) is 23.7 Å².